The Morgan fingerprint density at radius 1 is 1.45 bits per heavy atom. The number of nitrogens with one attached hydrogen (secondary N) is 1. The monoisotopic (exact) mass is 317 g/mol. The van der Waals surface area contributed by atoms with Crippen LogP contribution in [0.15, 0.2) is 24.3 Å². The smallest absolute Gasteiger partial charge is 0.234 e. The number of likely N-dealkylation sites (tertiary alicyclic amines) is 1. The highest BCUT2D eigenvalue weighted by Crippen LogP contribution is 2.32. The molecule has 1 aromatic heterocycles. The second-order valence-corrected chi connectivity index (χ2v) is 7.01. The molecule has 0 saturated carbocycles. The van der Waals surface area contributed by atoms with Gasteiger partial charge in [-0.05, 0) is 37.9 Å². The van der Waals surface area contributed by atoms with Crippen LogP contribution in [0.5, 0.6) is 0 Å². The third-order valence-corrected chi connectivity index (χ3v) is 5.30. The molecule has 4 nitrogen and oxygen atoms in total. The third kappa shape index (κ3) is 3.65. The molecule has 1 aliphatic rings. The highest BCUT2D eigenvalue weighted by Gasteiger charge is 2.25. The number of thiazole rings is 1. The summed E-state index contributed by atoms with van der Waals surface area (Å²) in [4.78, 5) is 18.9. The number of hydrogen-bond donors (Lipinski definition) is 1. The quantitative estimate of drug-likeness (QED) is 0.922. The Kier molecular flexibility index (Phi) is 5.05. The Labute approximate surface area is 135 Å². The molecular weight excluding hydrogens is 294 g/mol. The van der Waals surface area contributed by atoms with Crippen LogP contribution >= 0.6 is 11.3 Å². The number of hydrogen-bond acceptors (Lipinski definition) is 4. The van der Waals surface area contributed by atoms with Crippen molar-refractivity contribution in [3.63, 3.8) is 0 Å². The van der Waals surface area contributed by atoms with Gasteiger partial charge in [0.1, 0.15) is 0 Å². The summed E-state index contributed by atoms with van der Waals surface area (Å²) in [7, 11) is 0. The minimum absolute atomic E-state index is 0.145. The van der Waals surface area contributed by atoms with Crippen LogP contribution in [-0.4, -0.2) is 42.0 Å². The van der Waals surface area contributed by atoms with E-state index in [-0.39, 0.29) is 5.91 Å². The highest BCUT2D eigenvalue weighted by atomic mass is 32.1. The second kappa shape index (κ2) is 7.20. The fourth-order valence-electron chi connectivity index (χ4n) is 2.99. The van der Waals surface area contributed by atoms with E-state index in [0.717, 1.165) is 38.0 Å². The maximum atomic E-state index is 11.9. The number of aromatic nitrogens is 1. The van der Waals surface area contributed by atoms with Gasteiger partial charge in [-0.3, -0.25) is 9.69 Å². The van der Waals surface area contributed by atoms with Crippen molar-refractivity contribution in [3.05, 3.63) is 29.3 Å². The Morgan fingerprint density at radius 3 is 3.14 bits per heavy atom. The van der Waals surface area contributed by atoms with Crippen LogP contribution in [0.25, 0.3) is 10.2 Å². The van der Waals surface area contributed by atoms with Crippen molar-refractivity contribution >= 4 is 27.5 Å². The molecule has 1 N–H and O–H groups in total. The van der Waals surface area contributed by atoms with Gasteiger partial charge >= 0.3 is 0 Å². The van der Waals surface area contributed by atoms with E-state index in [1.165, 1.54) is 16.1 Å². The molecule has 1 aromatic carbocycles. The third-order valence-electron chi connectivity index (χ3n) is 4.10. The molecule has 1 atom stereocenters. The van der Waals surface area contributed by atoms with Gasteiger partial charge in [0.25, 0.3) is 0 Å². The molecule has 2 heterocycles. The van der Waals surface area contributed by atoms with Crippen molar-refractivity contribution in [3.8, 4) is 0 Å². The number of piperidine rings is 1. The lowest BCUT2D eigenvalue weighted by Crippen LogP contribution is -2.42. The van der Waals surface area contributed by atoms with Crippen molar-refractivity contribution in [2.75, 3.05) is 26.2 Å². The average Bonchev–Trinajstić information content (AvgIpc) is 2.97. The zero-order valence-corrected chi connectivity index (χ0v) is 13.9. The van der Waals surface area contributed by atoms with Crippen LogP contribution in [-0.2, 0) is 4.79 Å². The van der Waals surface area contributed by atoms with Crippen molar-refractivity contribution in [2.45, 2.75) is 32.1 Å². The number of amides is 1. The summed E-state index contributed by atoms with van der Waals surface area (Å²) in [6.07, 6.45) is 3.30. The van der Waals surface area contributed by atoms with E-state index in [9.17, 15) is 4.79 Å². The molecule has 118 valence electrons. The Hall–Kier alpha value is -1.46. The minimum atomic E-state index is 0.145. The predicted molar refractivity (Wildman–Crippen MR) is 91.3 cm³/mol. The average molecular weight is 317 g/mol. The molecule has 1 amide bonds. The molecular formula is C17H23N3OS. The van der Waals surface area contributed by atoms with Crippen LogP contribution in [0.3, 0.4) is 0 Å². The number of carbonyl (C=O) groups is 1. The van der Waals surface area contributed by atoms with Gasteiger partial charge in [0.05, 0.1) is 21.8 Å². The first-order chi connectivity index (χ1) is 10.8. The molecule has 5 heteroatoms. The summed E-state index contributed by atoms with van der Waals surface area (Å²) in [5.41, 5.74) is 1.10. The van der Waals surface area contributed by atoms with E-state index in [4.69, 9.17) is 4.98 Å². The van der Waals surface area contributed by atoms with Crippen molar-refractivity contribution < 1.29 is 4.79 Å². The van der Waals surface area contributed by atoms with Crippen molar-refractivity contribution in [1.82, 2.24) is 15.2 Å². The molecule has 0 radical (unpaired) electrons. The maximum Gasteiger partial charge on any atom is 0.234 e. The first-order valence-corrected chi connectivity index (χ1v) is 8.92. The summed E-state index contributed by atoms with van der Waals surface area (Å²) in [5.74, 6) is 0.608. The van der Waals surface area contributed by atoms with E-state index in [0.29, 0.717) is 12.5 Å². The zero-order valence-electron chi connectivity index (χ0n) is 13.0. The lowest BCUT2D eigenvalue weighted by atomic mass is 9.99. The van der Waals surface area contributed by atoms with Crippen LogP contribution in [0.4, 0.5) is 0 Å². The summed E-state index contributed by atoms with van der Waals surface area (Å²) >= 11 is 1.80. The molecule has 1 fully saturated rings. The molecule has 22 heavy (non-hydrogen) atoms. The SMILES string of the molecule is CCCNC(=O)CN1CCC[C@@H](c2nc3ccccc3s2)C1. The standard InChI is InChI=1S/C17H23N3OS/c1-2-9-18-16(21)12-20-10-5-6-13(11-20)17-19-14-7-3-4-8-15(14)22-17/h3-4,7-8,13H,2,5-6,9-12H2,1H3,(H,18,21)/t13-/m1/s1. The van der Waals surface area contributed by atoms with E-state index in [1.54, 1.807) is 11.3 Å². The molecule has 1 saturated heterocycles. The van der Waals surface area contributed by atoms with Gasteiger partial charge < -0.3 is 5.32 Å². The van der Waals surface area contributed by atoms with Gasteiger partial charge in [0.15, 0.2) is 0 Å². The number of carbonyl (C=O) groups excluding carboxylic acids is 1. The molecule has 3 rings (SSSR count). The Bertz CT molecular complexity index is 607. The van der Waals surface area contributed by atoms with E-state index >= 15 is 0 Å². The number of rotatable bonds is 5. The van der Waals surface area contributed by atoms with E-state index in [2.05, 4.69) is 35.3 Å². The predicted octanol–water partition coefficient (Wildman–Crippen LogP) is 3.00. The van der Waals surface area contributed by atoms with E-state index in [1.807, 2.05) is 6.07 Å². The highest BCUT2D eigenvalue weighted by molar-refractivity contribution is 7.18. The van der Waals surface area contributed by atoms with Crippen molar-refractivity contribution in [1.29, 1.82) is 0 Å². The van der Waals surface area contributed by atoms with Gasteiger partial charge in [0.2, 0.25) is 5.91 Å². The Balaban J connectivity index is 1.63. The molecule has 2 aromatic rings. The molecule has 0 aliphatic carbocycles. The maximum absolute atomic E-state index is 11.9. The van der Waals surface area contributed by atoms with Gasteiger partial charge in [0, 0.05) is 19.0 Å². The summed E-state index contributed by atoms with van der Waals surface area (Å²) in [6, 6.07) is 8.32. The van der Waals surface area contributed by atoms with Crippen LogP contribution in [0.2, 0.25) is 0 Å². The fraction of sp³-hybridized carbons (Fsp3) is 0.529. The largest absolute Gasteiger partial charge is 0.355 e. The second-order valence-electron chi connectivity index (χ2n) is 5.94. The van der Waals surface area contributed by atoms with Gasteiger partial charge in [-0.1, -0.05) is 19.1 Å². The van der Waals surface area contributed by atoms with E-state index < -0.39 is 0 Å². The molecule has 0 bridgehead atoms. The zero-order chi connectivity index (χ0) is 15.4. The van der Waals surface area contributed by atoms with Gasteiger partial charge in [-0.25, -0.2) is 4.98 Å². The molecule has 0 unspecified atom stereocenters. The lowest BCUT2D eigenvalue weighted by molar-refractivity contribution is -0.122. The van der Waals surface area contributed by atoms with Gasteiger partial charge in [-0.2, -0.15) is 0 Å². The van der Waals surface area contributed by atoms with Crippen LogP contribution < -0.4 is 5.32 Å². The first-order valence-electron chi connectivity index (χ1n) is 8.11. The van der Waals surface area contributed by atoms with Gasteiger partial charge in [-0.15, -0.1) is 11.3 Å². The number of para-hydroxylation sites is 1. The summed E-state index contributed by atoms with van der Waals surface area (Å²) < 4.78 is 1.26. The van der Waals surface area contributed by atoms with Crippen molar-refractivity contribution in [2.24, 2.45) is 0 Å². The first kappa shape index (κ1) is 15.4. The fourth-order valence-corrected chi connectivity index (χ4v) is 4.08. The number of benzene rings is 1. The van der Waals surface area contributed by atoms with Crippen LogP contribution in [0, 0.1) is 0 Å². The number of fused-ring (bicyclic) bond motifs is 1. The Morgan fingerprint density at radius 2 is 2.32 bits per heavy atom. The topological polar surface area (TPSA) is 45.2 Å². The minimum Gasteiger partial charge on any atom is -0.355 e. The number of nitrogens with zero attached hydrogens (tertiary/aromatic N) is 2. The van der Waals surface area contributed by atoms with Crippen LogP contribution in [0.1, 0.15) is 37.1 Å². The lowest BCUT2D eigenvalue weighted by Gasteiger charge is -2.31. The molecule has 1 aliphatic heterocycles. The summed E-state index contributed by atoms with van der Waals surface area (Å²) in [6.45, 7) is 5.32. The molecule has 0 spiro atoms. The summed E-state index contributed by atoms with van der Waals surface area (Å²) in [5, 5.41) is 4.18. The normalized spacial score (nSPS) is 19.4.